The molecule has 160 valence electrons. The first-order valence-corrected chi connectivity index (χ1v) is 9.69. The molecule has 0 spiro atoms. The largest absolute Gasteiger partial charge is 0.382 e. The van der Waals surface area contributed by atoms with E-state index in [4.69, 9.17) is 5.73 Å². The Bertz CT molecular complexity index is 1460. The van der Waals surface area contributed by atoms with E-state index in [2.05, 4.69) is 15.3 Å². The molecule has 3 N–H and O–H groups in total. The normalized spacial score (nSPS) is 11.8. The van der Waals surface area contributed by atoms with Crippen molar-refractivity contribution in [2.75, 3.05) is 11.1 Å². The Morgan fingerprint density at radius 3 is 2.66 bits per heavy atom. The fraction of sp³-hybridized carbons (Fsp3) is 0.130. The van der Waals surface area contributed by atoms with E-state index < -0.39 is 17.7 Å². The summed E-state index contributed by atoms with van der Waals surface area (Å²) in [7, 11) is 0. The van der Waals surface area contributed by atoms with Gasteiger partial charge in [-0.25, -0.2) is 18.7 Å². The molecule has 1 aromatic carbocycles. The first kappa shape index (κ1) is 20.9. The number of nitriles is 1. The summed E-state index contributed by atoms with van der Waals surface area (Å²) in [5.41, 5.74) is 7.75. The molecule has 0 saturated carbocycles. The van der Waals surface area contributed by atoms with E-state index in [1.54, 1.807) is 32.0 Å². The fourth-order valence-electron chi connectivity index (χ4n) is 3.68. The summed E-state index contributed by atoms with van der Waals surface area (Å²) < 4.78 is 29.1. The molecule has 0 aliphatic carbocycles. The molecule has 0 aliphatic heterocycles. The molecule has 1 unspecified atom stereocenters. The molecule has 0 bridgehead atoms. The van der Waals surface area contributed by atoms with Crippen LogP contribution in [0.1, 0.15) is 29.8 Å². The summed E-state index contributed by atoms with van der Waals surface area (Å²) >= 11 is 0. The molecule has 0 aliphatic rings. The lowest BCUT2D eigenvalue weighted by atomic mass is 9.95. The van der Waals surface area contributed by atoms with E-state index in [1.165, 1.54) is 16.8 Å². The summed E-state index contributed by atoms with van der Waals surface area (Å²) in [4.78, 5) is 21.4. The quantitative estimate of drug-likeness (QED) is 0.505. The minimum absolute atomic E-state index is 0.0206. The maximum Gasteiger partial charge on any atom is 0.263 e. The Kier molecular flexibility index (Phi) is 5.28. The average Bonchev–Trinajstić information content (AvgIpc) is 2.76. The lowest BCUT2D eigenvalue weighted by Crippen LogP contribution is -2.22. The first-order valence-electron chi connectivity index (χ1n) is 9.69. The van der Waals surface area contributed by atoms with Gasteiger partial charge in [0, 0.05) is 11.2 Å². The van der Waals surface area contributed by atoms with Gasteiger partial charge in [-0.05, 0) is 55.3 Å². The number of nitrogens with one attached hydrogen (secondary N) is 1. The molecule has 32 heavy (non-hydrogen) atoms. The Labute approximate surface area is 181 Å². The topological polar surface area (TPSA) is 109 Å². The van der Waals surface area contributed by atoms with Crippen LogP contribution in [0.3, 0.4) is 0 Å². The molecule has 7 nitrogen and oxygen atoms in total. The molecule has 4 aromatic rings. The number of nitrogens with zero attached hydrogens (tertiary/aromatic N) is 4. The van der Waals surface area contributed by atoms with Crippen LogP contribution in [0.2, 0.25) is 0 Å². The Morgan fingerprint density at radius 2 is 1.94 bits per heavy atom. The van der Waals surface area contributed by atoms with Crippen molar-refractivity contribution in [3.63, 3.8) is 0 Å². The summed E-state index contributed by atoms with van der Waals surface area (Å²) in [5.74, 6) is -1.84. The van der Waals surface area contributed by atoms with Gasteiger partial charge in [0.25, 0.3) is 5.56 Å². The smallest absolute Gasteiger partial charge is 0.263 e. The number of hydrogen-bond donors (Lipinski definition) is 2. The standard InChI is InChI=1S/C23H18F2N6O/c1-12-4-3-5-15-9-16(13(2)30-22-17(10-26)21(27)28-11-29-22)20(23(32)31(12)15)14-6-7-18(24)19(25)8-14/h3-9,11,13H,1-2H3,(H3,27,28,29,30). The minimum Gasteiger partial charge on any atom is -0.382 e. The van der Waals surface area contributed by atoms with Gasteiger partial charge in [0.05, 0.1) is 11.6 Å². The maximum atomic E-state index is 14.0. The van der Waals surface area contributed by atoms with Crippen LogP contribution in [0.25, 0.3) is 16.6 Å². The van der Waals surface area contributed by atoms with Crippen molar-refractivity contribution in [1.82, 2.24) is 14.4 Å². The number of aromatic nitrogens is 3. The Balaban J connectivity index is 1.96. The van der Waals surface area contributed by atoms with Gasteiger partial charge < -0.3 is 11.1 Å². The highest BCUT2D eigenvalue weighted by atomic mass is 19.2. The predicted octanol–water partition coefficient (Wildman–Crippen LogP) is 3.97. The average molecular weight is 432 g/mol. The molecular formula is C23H18F2N6O. The SMILES string of the molecule is Cc1cccc2cc(C(C)Nc3ncnc(N)c3C#N)c(-c3ccc(F)c(F)c3)c(=O)n12. The number of hydrogen-bond acceptors (Lipinski definition) is 6. The van der Waals surface area contributed by atoms with Gasteiger partial charge in [-0.2, -0.15) is 5.26 Å². The summed E-state index contributed by atoms with van der Waals surface area (Å²) in [5, 5.41) is 12.5. The number of benzene rings is 1. The van der Waals surface area contributed by atoms with Crippen molar-refractivity contribution in [3.05, 3.63) is 87.6 Å². The van der Waals surface area contributed by atoms with Gasteiger partial charge in [-0.1, -0.05) is 12.1 Å². The second-order valence-electron chi connectivity index (χ2n) is 7.30. The molecule has 1 atom stereocenters. The van der Waals surface area contributed by atoms with Gasteiger partial charge >= 0.3 is 0 Å². The van der Waals surface area contributed by atoms with Crippen molar-refractivity contribution in [3.8, 4) is 17.2 Å². The van der Waals surface area contributed by atoms with Crippen LogP contribution < -0.4 is 16.6 Å². The first-order chi connectivity index (χ1) is 15.3. The van der Waals surface area contributed by atoms with Crippen LogP contribution >= 0.6 is 0 Å². The number of fused-ring (bicyclic) bond motifs is 1. The third kappa shape index (κ3) is 3.52. The number of anilines is 2. The van der Waals surface area contributed by atoms with Crippen LogP contribution in [-0.4, -0.2) is 14.4 Å². The third-order valence-electron chi connectivity index (χ3n) is 5.24. The zero-order valence-corrected chi connectivity index (χ0v) is 17.2. The molecular weight excluding hydrogens is 414 g/mol. The number of aryl methyl sites for hydroxylation is 1. The van der Waals surface area contributed by atoms with Gasteiger partial charge in [0.15, 0.2) is 11.6 Å². The predicted molar refractivity (Wildman–Crippen MR) is 117 cm³/mol. The maximum absolute atomic E-state index is 14.0. The zero-order valence-electron chi connectivity index (χ0n) is 17.2. The Morgan fingerprint density at radius 1 is 1.16 bits per heavy atom. The van der Waals surface area contributed by atoms with E-state index in [0.717, 1.165) is 12.1 Å². The van der Waals surface area contributed by atoms with E-state index in [9.17, 15) is 18.8 Å². The molecule has 3 heterocycles. The van der Waals surface area contributed by atoms with Crippen molar-refractivity contribution >= 4 is 17.2 Å². The van der Waals surface area contributed by atoms with Crippen LogP contribution in [0, 0.1) is 29.9 Å². The van der Waals surface area contributed by atoms with Gasteiger partial charge in [-0.15, -0.1) is 0 Å². The van der Waals surface area contributed by atoms with Crippen LogP contribution in [-0.2, 0) is 0 Å². The number of nitrogens with two attached hydrogens (primary N) is 1. The molecule has 3 aromatic heterocycles. The number of halogens is 2. The van der Waals surface area contributed by atoms with Crippen molar-refractivity contribution in [1.29, 1.82) is 5.26 Å². The van der Waals surface area contributed by atoms with Gasteiger partial charge in [0.2, 0.25) is 0 Å². The van der Waals surface area contributed by atoms with Crippen LogP contribution in [0.5, 0.6) is 0 Å². The molecule has 0 fully saturated rings. The summed E-state index contributed by atoms with van der Waals surface area (Å²) in [6, 6.07) is 11.9. The van der Waals surface area contributed by atoms with E-state index in [0.29, 0.717) is 16.8 Å². The monoisotopic (exact) mass is 432 g/mol. The molecule has 9 heteroatoms. The number of rotatable bonds is 4. The summed E-state index contributed by atoms with van der Waals surface area (Å²) in [6.45, 7) is 3.55. The Hall–Kier alpha value is -4.32. The molecule has 0 radical (unpaired) electrons. The van der Waals surface area contributed by atoms with E-state index in [1.807, 2.05) is 12.1 Å². The molecule has 0 saturated heterocycles. The molecule has 0 amide bonds. The van der Waals surface area contributed by atoms with Crippen LogP contribution in [0.15, 0.2) is 53.6 Å². The number of pyridine rings is 2. The van der Waals surface area contributed by atoms with E-state index >= 15 is 0 Å². The zero-order chi connectivity index (χ0) is 23.0. The highest BCUT2D eigenvalue weighted by Gasteiger charge is 2.21. The lowest BCUT2D eigenvalue weighted by molar-refractivity contribution is 0.509. The highest BCUT2D eigenvalue weighted by Crippen LogP contribution is 2.31. The third-order valence-corrected chi connectivity index (χ3v) is 5.24. The van der Waals surface area contributed by atoms with Gasteiger partial charge in [-0.3, -0.25) is 9.20 Å². The van der Waals surface area contributed by atoms with Crippen molar-refractivity contribution < 1.29 is 8.78 Å². The lowest BCUT2D eigenvalue weighted by Gasteiger charge is -2.21. The second-order valence-corrected chi connectivity index (χ2v) is 7.30. The minimum atomic E-state index is -1.06. The van der Waals surface area contributed by atoms with Gasteiger partial charge in [0.1, 0.15) is 29.6 Å². The highest BCUT2D eigenvalue weighted by molar-refractivity contribution is 5.72. The second kappa shape index (κ2) is 8.07. The summed E-state index contributed by atoms with van der Waals surface area (Å²) in [6.07, 6.45) is 1.22. The van der Waals surface area contributed by atoms with E-state index in [-0.39, 0.29) is 33.9 Å². The molecule has 4 rings (SSSR count). The number of nitrogen functional groups attached to an aromatic ring is 1. The van der Waals surface area contributed by atoms with Crippen molar-refractivity contribution in [2.45, 2.75) is 19.9 Å². The fourth-order valence-corrected chi connectivity index (χ4v) is 3.68. The van der Waals surface area contributed by atoms with Crippen molar-refractivity contribution in [2.24, 2.45) is 0 Å². The van der Waals surface area contributed by atoms with Crippen LogP contribution in [0.4, 0.5) is 20.4 Å².